The summed E-state index contributed by atoms with van der Waals surface area (Å²) in [5, 5.41) is 8.94. The molecule has 0 radical (unpaired) electrons. The van der Waals surface area contributed by atoms with Gasteiger partial charge in [0.05, 0.1) is 13.2 Å². The summed E-state index contributed by atoms with van der Waals surface area (Å²) in [5.74, 6) is -1.02. The van der Waals surface area contributed by atoms with Crippen molar-refractivity contribution in [2.45, 2.75) is 5.44 Å². The molecule has 0 aromatic heterocycles. The van der Waals surface area contributed by atoms with E-state index in [9.17, 15) is 13.2 Å². The third-order valence-electron chi connectivity index (χ3n) is 1.82. The minimum Gasteiger partial charge on any atom is -0.378 e. The third kappa shape index (κ3) is 2.64. The predicted molar refractivity (Wildman–Crippen MR) is 45.0 cm³/mol. The number of rotatable bonds is 2. The molecular weight excluding hydrogens is 214 g/mol. The van der Waals surface area contributed by atoms with E-state index >= 15 is 0 Å². The van der Waals surface area contributed by atoms with E-state index < -0.39 is 21.5 Å². The van der Waals surface area contributed by atoms with Crippen molar-refractivity contribution >= 4 is 16.0 Å². The Hall–Kier alpha value is -0.700. The van der Waals surface area contributed by atoms with Crippen molar-refractivity contribution in [3.8, 4) is 0 Å². The molecule has 1 unspecified atom stereocenters. The topological polar surface area (TPSA) is 104 Å². The lowest BCUT2D eigenvalue weighted by Gasteiger charge is -2.27. The first-order valence-corrected chi connectivity index (χ1v) is 5.44. The van der Waals surface area contributed by atoms with Crippen LogP contribution in [0.25, 0.3) is 0 Å². The van der Waals surface area contributed by atoms with Gasteiger partial charge in [0.2, 0.25) is 0 Å². The lowest BCUT2D eigenvalue weighted by molar-refractivity contribution is -0.140. The first-order chi connectivity index (χ1) is 6.43. The fourth-order valence-electron chi connectivity index (χ4n) is 1.07. The molecule has 1 rings (SSSR count). The second kappa shape index (κ2) is 4.22. The second-order valence-electron chi connectivity index (χ2n) is 2.80. The van der Waals surface area contributed by atoms with Gasteiger partial charge in [-0.1, -0.05) is 0 Å². The fraction of sp³-hybridized carbons (Fsp3) is 0.833. The van der Waals surface area contributed by atoms with Gasteiger partial charge in [-0.05, 0) is 0 Å². The molecule has 1 heterocycles. The van der Waals surface area contributed by atoms with Gasteiger partial charge in [0.25, 0.3) is 11.3 Å². The molecule has 0 aromatic rings. The first kappa shape index (κ1) is 11.4. The van der Waals surface area contributed by atoms with Crippen LogP contribution in [0.5, 0.6) is 0 Å². The third-order valence-corrected chi connectivity index (χ3v) is 2.58. The van der Waals surface area contributed by atoms with E-state index in [0.717, 1.165) is 4.90 Å². The largest absolute Gasteiger partial charge is 0.378 e. The number of aliphatic hydroxyl groups is 1. The maximum Gasteiger partial charge on any atom is 0.301 e. The molecular formula is C6H11NO6S. The van der Waals surface area contributed by atoms with E-state index in [1.807, 2.05) is 0 Å². The highest BCUT2D eigenvalue weighted by atomic mass is 32.2. The SMILES string of the molecule is O=C(C(O)S(=O)(=O)O)N1CCOCC1. The summed E-state index contributed by atoms with van der Waals surface area (Å²) >= 11 is 0. The molecule has 1 aliphatic rings. The summed E-state index contributed by atoms with van der Waals surface area (Å²) < 4.78 is 34.2. The average molecular weight is 225 g/mol. The van der Waals surface area contributed by atoms with Crippen molar-refractivity contribution < 1.29 is 27.6 Å². The smallest absolute Gasteiger partial charge is 0.301 e. The van der Waals surface area contributed by atoms with Gasteiger partial charge in [0, 0.05) is 13.1 Å². The number of hydrogen-bond donors (Lipinski definition) is 2. The molecule has 7 nitrogen and oxygen atoms in total. The van der Waals surface area contributed by atoms with Gasteiger partial charge in [0.15, 0.2) is 0 Å². The van der Waals surface area contributed by atoms with E-state index in [0.29, 0.717) is 13.2 Å². The lowest BCUT2D eigenvalue weighted by atomic mass is 10.4. The summed E-state index contributed by atoms with van der Waals surface area (Å²) in [6.45, 7) is 1.02. The molecule has 1 fully saturated rings. The quantitative estimate of drug-likeness (QED) is 0.529. The molecule has 0 bridgehead atoms. The van der Waals surface area contributed by atoms with E-state index in [2.05, 4.69) is 0 Å². The summed E-state index contributed by atoms with van der Waals surface area (Å²) in [7, 11) is -4.73. The Morgan fingerprint density at radius 3 is 2.29 bits per heavy atom. The maximum absolute atomic E-state index is 11.2. The number of carbonyl (C=O) groups excluding carboxylic acids is 1. The Labute approximate surface area is 81.0 Å². The van der Waals surface area contributed by atoms with E-state index in [1.165, 1.54) is 0 Å². The zero-order chi connectivity index (χ0) is 10.8. The summed E-state index contributed by atoms with van der Waals surface area (Å²) in [6.07, 6.45) is 0. The highest BCUT2D eigenvalue weighted by molar-refractivity contribution is 7.87. The van der Waals surface area contributed by atoms with Gasteiger partial charge in [0.1, 0.15) is 0 Å². The van der Waals surface area contributed by atoms with Crippen molar-refractivity contribution in [2.24, 2.45) is 0 Å². The highest BCUT2D eigenvalue weighted by Gasteiger charge is 2.32. The molecule has 1 amide bonds. The van der Waals surface area contributed by atoms with Crippen LogP contribution in [0.3, 0.4) is 0 Å². The Balaban J connectivity index is 2.64. The molecule has 82 valence electrons. The van der Waals surface area contributed by atoms with Crippen LogP contribution in [0.4, 0.5) is 0 Å². The van der Waals surface area contributed by atoms with Crippen LogP contribution in [0.1, 0.15) is 0 Å². The van der Waals surface area contributed by atoms with Gasteiger partial charge >= 0.3 is 10.1 Å². The molecule has 0 spiro atoms. The molecule has 14 heavy (non-hydrogen) atoms. The number of carbonyl (C=O) groups is 1. The number of nitrogens with zero attached hydrogens (tertiary/aromatic N) is 1. The van der Waals surface area contributed by atoms with Crippen LogP contribution in [0, 0.1) is 0 Å². The molecule has 1 saturated heterocycles. The monoisotopic (exact) mass is 225 g/mol. The lowest BCUT2D eigenvalue weighted by Crippen LogP contribution is -2.47. The number of aliphatic hydroxyl groups excluding tert-OH is 1. The summed E-state index contributed by atoms with van der Waals surface area (Å²) in [5.41, 5.74) is -2.39. The number of hydrogen-bond acceptors (Lipinski definition) is 5. The molecule has 0 aromatic carbocycles. The van der Waals surface area contributed by atoms with Gasteiger partial charge < -0.3 is 14.7 Å². The number of ether oxygens (including phenoxy) is 1. The van der Waals surface area contributed by atoms with E-state index in [-0.39, 0.29) is 13.1 Å². The second-order valence-corrected chi connectivity index (χ2v) is 4.28. The Bertz CT molecular complexity index is 306. The van der Waals surface area contributed by atoms with Crippen molar-refractivity contribution in [3.05, 3.63) is 0 Å². The predicted octanol–water partition coefficient (Wildman–Crippen LogP) is -1.95. The molecule has 1 aliphatic heterocycles. The van der Waals surface area contributed by atoms with Crippen LogP contribution in [-0.4, -0.2) is 60.6 Å². The van der Waals surface area contributed by atoms with Gasteiger partial charge in [-0.3, -0.25) is 9.35 Å². The van der Waals surface area contributed by atoms with Crippen molar-refractivity contribution in [2.75, 3.05) is 26.3 Å². The Kier molecular flexibility index (Phi) is 3.43. The van der Waals surface area contributed by atoms with Crippen molar-refractivity contribution in [1.82, 2.24) is 4.90 Å². The van der Waals surface area contributed by atoms with Crippen LogP contribution in [0.2, 0.25) is 0 Å². The Morgan fingerprint density at radius 2 is 1.86 bits per heavy atom. The number of amides is 1. The van der Waals surface area contributed by atoms with Crippen LogP contribution >= 0.6 is 0 Å². The molecule has 0 aliphatic carbocycles. The normalized spacial score (nSPS) is 20.6. The zero-order valence-electron chi connectivity index (χ0n) is 7.29. The molecule has 0 saturated carbocycles. The van der Waals surface area contributed by atoms with Gasteiger partial charge in [-0.2, -0.15) is 8.42 Å². The molecule has 2 N–H and O–H groups in total. The van der Waals surface area contributed by atoms with Crippen molar-refractivity contribution in [1.29, 1.82) is 0 Å². The standard InChI is InChI=1S/C6H11NO6S/c8-5(6(9)14(10,11)12)7-1-3-13-4-2-7/h6,9H,1-4H2,(H,10,11,12). The molecule has 1 atom stereocenters. The van der Waals surface area contributed by atoms with Crippen molar-refractivity contribution in [3.63, 3.8) is 0 Å². The van der Waals surface area contributed by atoms with Crippen LogP contribution in [-0.2, 0) is 19.6 Å². The van der Waals surface area contributed by atoms with E-state index in [4.69, 9.17) is 14.4 Å². The van der Waals surface area contributed by atoms with Gasteiger partial charge in [-0.25, -0.2) is 0 Å². The zero-order valence-corrected chi connectivity index (χ0v) is 8.11. The fourth-order valence-corrected chi connectivity index (χ4v) is 1.47. The van der Waals surface area contributed by atoms with Gasteiger partial charge in [-0.15, -0.1) is 0 Å². The highest BCUT2D eigenvalue weighted by Crippen LogP contribution is 2.04. The van der Waals surface area contributed by atoms with E-state index in [1.54, 1.807) is 0 Å². The number of morpholine rings is 1. The van der Waals surface area contributed by atoms with Crippen LogP contribution < -0.4 is 0 Å². The summed E-state index contributed by atoms with van der Waals surface area (Å²) in [4.78, 5) is 12.4. The minimum atomic E-state index is -4.73. The summed E-state index contributed by atoms with van der Waals surface area (Å²) in [6, 6.07) is 0. The molecule has 8 heteroatoms. The minimum absolute atomic E-state index is 0.214. The Morgan fingerprint density at radius 1 is 1.36 bits per heavy atom. The maximum atomic E-state index is 11.2. The first-order valence-electron chi connectivity index (χ1n) is 3.94. The average Bonchev–Trinajstić information content (AvgIpc) is 2.15. The van der Waals surface area contributed by atoms with Crippen LogP contribution in [0.15, 0.2) is 0 Å².